The summed E-state index contributed by atoms with van der Waals surface area (Å²) >= 11 is 0. The van der Waals surface area contributed by atoms with Gasteiger partial charge in [0.25, 0.3) is 0 Å². The Hall–Kier alpha value is -1.55. The normalized spacial score (nSPS) is 17.4. The lowest BCUT2D eigenvalue weighted by molar-refractivity contribution is 0.520. The summed E-state index contributed by atoms with van der Waals surface area (Å²) in [6, 6.07) is 6.26. The third-order valence-electron chi connectivity index (χ3n) is 2.59. The molecular formula is C10H11N3O. The van der Waals surface area contributed by atoms with E-state index in [1.807, 2.05) is 12.1 Å². The molecule has 0 atom stereocenters. The number of hydrogen-bond acceptors (Lipinski definition) is 4. The Morgan fingerprint density at radius 1 is 1.43 bits per heavy atom. The van der Waals surface area contributed by atoms with Crippen LogP contribution in [0, 0.1) is 0 Å². The van der Waals surface area contributed by atoms with Gasteiger partial charge in [-0.05, 0) is 12.1 Å². The first kappa shape index (κ1) is 7.82. The van der Waals surface area contributed by atoms with Gasteiger partial charge in [-0.2, -0.15) is 0 Å². The lowest BCUT2D eigenvalue weighted by Gasteiger charge is -2.38. The van der Waals surface area contributed by atoms with Gasteiger partial charge in [0.1, 0.15) is 5.52 Å². The van der Waals surface area contributed by atoms with Gasteiger partial charge in [-0.3, -0.25) is 0 Å². The fourth-order valence-corrected chi connectivity index (χ4v) is 1.84. The number of fused-ring (bicyclic) bond motifs is 1. The van der Waals surface area contributed by atoms with Gasteiger partial charge in [-0.15, -0.1) is 0 Å². The topological polar surface area (TPSA) is 55.3 Å². The molecule has 1 fully saturated rings. The van der Waals surface area contributed by atoms with Crippen LogP contribution >= 0.6 is 0 Å². The quantitative estimate of drug-likeness (QED) is 0.726. The van der Waals surface area contributed by atoms with E-state index in [-0.39, 0.29) is 0 Å². The third kappa shape index (κ3) is 1.01. The minimum atomic E-state index is 0.303. The average Bonchev–Trinajstić information content (AvgIpc) is 2.60. The molecule has 0 saturated carbocycles. The summed E-state index contributed by atoms with van der Waals surface area (Å²) in [6.07, 6.45) is 1.48. The van der Waals surface area contributed by atoms with Crippen molar-refractivity contribution in [3.63, 3.8) is 0 Å². The second-order valence-electron chi connectivity index (χ2n) is 3.64. The minimum absolute atomic E-state index is 0.303. The first-order valence-electron chi connectivity index (χ1n) is 4.67. The molecule has 14 heavy (non-hydrogen) atoms. The third-order valence-corrected chi connectivity index (χ3v) is 2.59. The number of hydrogen-bond donors (Lipinski definition) is 1. The highest BCUT2D eigenvalue weighted by atomic mass is 16.3. The molecule has 2 heterocycles. The largest absolute Gasteiger partial charge is 0.443 e. The average molecular weight is 189 g/mol. The van der Waals surface area contributed by atoms with Crippen LogP contribution in [0.25, 0.3) is 11.1 Å². The van der Waals surface area contributed by atoms with Crippen LogP contribution in [-0.2, 0) is 0 Å². The molecule has 1 aromatic heterocycles. The predicted octanol–water partition coefficient (Wildman–Crippen LogP) is 0.975. The zero-order valence-corrected chi connectivity index (χ0v) is 7.68. The lowest BCUT2D eigenvalue weighted by Crippen LogP contribution is -2.55. The van der Waals surface area contributed by atoms with Crippen LogP contribution in [0.1, 0.15) is 0 Å². The second kappa shape index (κ2) is 2.72. The van der Waals surface area contributed by atoms with E-state index in [0.29, 0.717) is 6.04 Å². The van der Waals surface area contributed by atoms with Gasteiger partial charge < -0.3 is 15.1 Å². The summed E-state index contributed by atoms with van der Waals surface area (Å²) in [5, 5.41) is 0. The van der Waals surface area contributed by atoms with E-state index in [1.54, 1.807) is 0 Å². The second-order valence-corrected chi connectivity index (χ2v) is 3.64. The molecule has 0 unspecified atom stereocenters. The van der Waals surface area contributed by atoms with Crippen LogP contribution < -0.4 is 10.6 Å². The Kier molecular flexibility index (Phi) is 1.52. The number of nitrogens with two attached hydrogens (primary N) is 1. The maximum Gasteiger partial charge on any atom is 0.182 e. The van der Waals surface area contributed by atoms with Crippen LogP contribution in [0.3, 0.4) is 0 Å². The number of aromatic nitrogens is 1. The smallest absolute Gasteiger partial charge is 0.182 e. The Labute approximate surface area is 81.3 Å². The minimum Gasteiger partial charge on any atom is -0.443 e. The molecule has 1 saturated heterocycles. The molecule has 4 nitrogen and oxygen atoms in total. The summed E-state index contributed by atoms with van der Waals surface area (Å²) in [7, 11) is 0. The highest BCUT2D eigenvalue weighted by Crippen LogP contribution is 2.28. The molecule has 72 valence electrons. The highest BCUT2D eigenvalue weighted by molar-refractivity contribution is 5.87. The first-order valence-corrected chi connectivity index (χ1v) is 4.67. The van der Waals surface area contributed by atoms with Crippen LogP contribution in [0.4, 0.5) is 5.69 Å². The standard InChI is InChI=1S/C10H11N3O/c11-7-4-13(5-7)8-2-1-3-9-10(8)12-6-14-9/h1-3,6-7H,4-5,11H2. The molecule has 0 radical (unpaired) electrons. The number of para-hydroxylation sites is 1. The van der Waals surface area contributed by atoms with Crippen molar-refractivity contribution in [2.45, 2.75) is 6.04 Å². The van der Waals surface area contributed by atoms with E-state index in [1.165, 1.54) is 6.39 Å². The number of benzene rings is 1. The summed E-state index contributed by atoms with van der Waals surface area (Å²) in [5.74, 6) is 0. The molecule has 4 heteroatoms. The van der Waals surface area contributed by atoms with Crippen molar-refractivity contribution in [3.8, 4) is 0 Å². The number of nitrogens with zero attached hydrogens (tertiary/aromatic N) is 2. The van der Waals surface area contributed by atoms with E-state index in [2.05, 4.69) is 16.0 Å². The predicted molar refractivity (Wildman–Crippen MR) is 54.2 cm³/mol. The van der Waals surface area contributed by atoms with E-state index < -0.39 is 0 Å². The zero-order valence-electron chi connectivity index (χ0n) is 7.68. The Bertz CT molecular complexity index is 459. The summed E-state index contributed by atoms with van der Waals surface area (Å²) < 4.78 is 5.24. The van der Waals surface area contributed by atoms with Crippen molar-refractivity contribution in [3.05, 3.63) is 24.6 Å². The Balaban J connectivity index is 2.07. The van der Waals surface area contributed by atoms with Crippen molar-refractivity contribution < 1.29 is 4.42 Å². The van der Waals surface area contributed by atoms with Crippen LogP contribution in [0.15, 0.2) is 29.0 Å². The van der Waals surface area contributed by atoms with E-state index in [4.69, 9.17) is 10.2 Å². The van der Waals surface area contributed by atoms with Crippen molar-refractivity contribution in [1.29, 1.82) is 0 Å². The number of oxazole rings is 1. The van der Waals surface area contributed by atoms with Gasteiger partial charge in [-0.25, -0.2) is 4.98 Å². The summed E-state index contributed by atoms with van der Waals surface area (Å²) in [4.78, 5) is 6.42. The van der Waals surface area contributed by atoms with Gasteiger partial charge in [0.15, 0.2) is 12.0 Å². The fourth-order valence-electron chi connectivity index (χ4n) is 1.84. The van der Waals surface area contributed by atoms with Gasteiger partial charge >= 0.3 is 0 Å². The molecule has 0 bridgehead atoms. The SMILES string of the molecule is NC1CN(c2cccc3ocnc23)C1. The molecule has 0 aliphatic carbocycles. The Morgan fingerprint density at radius 3 is 3.07 bits per heavy atom. The van der Waals surface area contributed by atoms with E-state index >= 15 is 0 Å². The van der Waals surface area contributed by atoms with E-state index in [9.17, 15) is 0 Å². The van der Waals surface area contributed by atoms with Gasteiger partial charge in [0.2, 0.25) is 0 Å². The molecule has 2 N–H and O–H groups in total. The van der Waals surface area contributed by atoms with Crippen molar-refractivity contribution in [2.24, 2.45) is 5.73 Å². The summed E-state index contributed by atoms with van der Waals surface area (Å²) in [5.41, 5.74) is 8.63. The molecule has 3 rings (SSSR count). The Morgan fingerprint density at radius 2 is 2.29 bits per heavy atom. The molecule has 0 spiro atoms. The van der Waals surface area contributed by atoms with Crippen LogP contribution in [0.5, 0.6) is 0 Å². The molecule has 1 aromatic carbocycles. The molecular weight excluding hydrogens is 178 g/mol. The highest BCUT2D eigenvalue weighted by Gasteiger charge is 2.25. The molecule has 0 amide bonds. The van der Waals surface area contributed by atoms with Gasteiger partial charge in [0, 0.05) is 19.1 Å². The molecule has 1 aliphatic heterocycles. The maximum atomic E-state index is 5.74. The maximum absolute atomic E-state index is 5.74. The zero-order chi connectivity index (χ0) is 9.54. The van der Waals surface area contributed by atoms with Crippen molar-refractivity contribution in [2.75, 3.05) is 18.0 Å². The van der Waals surface area contributed by atoms with Crippen molar-refractivity contribution in [1.82, 2.24) is 4.98 Å². The summed E-state index contributed by atoms with van der Waals surface area (Å²) in [6.45, 7) is 1.82. The fraction of sp³-hybridized carbons (Fsp3) is 0.300. The van der Waals surface area contributed by atoms with E-state index in [0.717, 1.165) is 29.9 Å². The van der Waals surface area contributed by atoms with Gasteiger partial charge in [0.05, 0.1) is 5.69 Å². The lowest BCUT2D eigenvalue weighted by atomic mass is 10.1. The van der Waals surface area contributed by atoms with Crippen LogP contribution in [-0.4, -0.2) is 24.1 Å². The van der Waals surface area contributed by atoms with Gasteiger partial charge in [-0.1, -0.05) is 6.07 Å². The number of rotatable bonds is 1. The molecule has 2 aromatic rings. The first-order chi connectivity index (χ1) is 6.84. The van der Waals surface area contributed by atoms with Crippen LogP contribution in [0.2, 0.25) is 0 Å². The monoisotopic (exact) mass is 189 g/mol. The molecule has 1 aliphatic rings. The van der Waals surface area contributed by atoms with Crippen molar-refractivity contribution >= 4 is 16.8 Å². The number of anilines is 1.